The van der Waals surface area contributed by atoms with Crippen LogP contribution < -0.4 is 5.32 Å². The molecule has 2 rings (SSSR count). The Kier molecular flexibility index (Phi) is 5.41. The first-order valence-electron chi connectivity index (χ1n) is 6.95. The number of rotatable bonds is 7. The molecule has 0 aromatic carbocycles. The van der Waals surface area contributed by atoms with Gasteiger partial charge in [0.15, 0.2) is 5.70 Å². The average molecular weight is 345 g/mol. The van der Waals surface area contributed by atoms with Crippen LogP contribution in [0, 0.1) is 11.3 Å². The highest BCUT2D eigenvalue weighted by Gasteiger charge is 2.58. The molecule has 2 aliphatic rings. The van der Waals surface area contributed by atoms with Gasteiger partial charge in [0.25, 0.3) is 0 Å². The number of β-lactam (4-membered cyclic amide) rings is 1. The Hall–Kier alpha value is -1.19. The number of aliphatic hydroxyl groups is 1. The van der Waals surface area contributed by atoms with E-state index in [0.29, 0.717) is 28.8 Å². The average Bonchev–Trinajstić information content (AvgIpc) is 2.78. The van der Waals surface area contributed by atoms with E-state index >= 15 is 0 Å². The van der Waals surface area contributed by atoms with Crippen molar-refractivity contribution in [3.63, 3.8) is 0 Å². The number of carboxylic acids is 1. The van der Waals surface area contributed by atoms with E-state index in [2.05, 4.69) is 5.32 Å². The predicted molar refractivity (Wildman–Crippen MR) is 86.5 cm³/mol. The molecule has 2 heterocycles. The smallest absolute Gasteiger partial charge is 0.354 e. The van der Waals surface area contributed by atoms with Crippen molar-refractivity contribution in [2.75, 3.05) is 12.3 Å². The van der Waals surface area contributed by atoms with Crippen LogP contribution in [0.1, 0.15) is 20.3 Å². The van der Waals surface area contributed by atoms with Gasteiger partial charge in [-0.1, -0.05) is 18.7 Å². The second kappa shape index (κ2) is 6.93. The number of hydrogen-bond acceptors (Lipinski definition) is 6. The number of carbonyl (C=O) groups is 2. The highest BCUT2D eigenvalue weighted by atomic mass is 32.2. The van der Waals surface area contributed by atoms with E-state index in [1.54, 1.807) is 13.8 Å². The zero-order valence-corrected chi connectivity index (χ0v) is 14.0. The van der Waals surface area contributed by atoms with Crippen molar-refractivity contribution in [3.8, 4) is 0 Å². The van der Waals surface area contributed by atoms with E-state index < -0.39 is 18.0 Å². The summed E-state index contributed by atoms with van der Waals surface area (Å²) in [5.74, 6) is -0.994. The molecular weight excluding hydrogens is 326 g/mol. The third-order valence-electron chi connectivity index (χ3n) is 3.51. The third kappa shape index (κ3) is 3.11. The number of aliphatic hydroxyl groups excluding tert-OH is 1. The van der Waals surface area contributed by atoms with Crippen molar-refractivity contribution >= 4 is 41.2 Å². The van der Waals surface area contributed by atoms with E-state index in [9.17, 15) is 19.8 Å². The topological polar surface area (TPSA) is 114 Å². The summed E-state index contributed by atoms with van der Waals surface area (Å²) in [6.07, 6.45) is -0.266. The Bertz CT molecular complexity index is 537. The van der Waals surface area contributed by atoms with E-state index in [0.717, 1.165) is 0 Å². The zero-order chi connectivity index (χ0) is 16.4. The number of aliphatic carboxylic acids is 1. The van der Waals surface area contributed by atoms with Gasteiger partial charge in [-0.3, -0.25) is 15.1 Å². The maximum Gasteiger partial charge on any atom is 0.354 e. The standard InChI is InChI=1S/C13H19N3O4S2/c1-3-7(17)8-10(18)16-9(12(19)20)13(22-11(8)16)21-5-4-15-6(2)14/h7-8,11,17H,3-5H2,1-2H3,(H2,14,15)(H,19,20)/t7-,8+,11+/m0/s1. The van der Waals surface area contributed by atoms with E-state index in [1.165, 1.54) is 28.4 Å². The molecule has 4 N–H and O–H groups in total. The summed E-state index contributed by atoms with van der Waals surface area (Å²) in [6.45, 7) is 3.99. The molecule has 0 aliphatic carbocycles. The van der Waals surface area contributed by atoms with E-state index in [4.69, 9.17) is 5.41 Å². The molecule has 0 spiro atoms. The number of nitrogens with one attached hydrogen (secondary N) is 2. The van der Waals surface area contributed by atoms with E-state index in [1.807, 2.05) is 0 Å². The van der Waals surface area contributed by atoms with Crippen LogP contribution in [0.4, 0.5) is 0 Å². The van der Waals surface area contributed by atoms with Crippen LogP contribution in [0.25, 0.3) is 0 Å². The van der Waals surface area contributed by atoms with Gasteiger partial charge in [0, 0.05) is 12.3 Å². The van der Waals surface area contributed by atoms with Crippen LogP contribution in [0.3, 0.4) is 0 Å². The van der Waals surface area contributed by atoms with Crippen molar-refractivity contribution in [2.24, 2.45) is 5.92 Å². The number of amides is 1. The first-order chi connectivity index (χ1) is 10.4. The predicted octanol–water partition coefficient (Wildman–Crippen LogP) is 0.862. The Labute approximate surface area is 137 Å². The molecule has 22 heavy (non-hydrogen) atoms. The largest absolute Gasteiger partial charge is 0.477 e. The van der Waals surface area contributed by atoms with Gasteiger partial charge in [-0.05, 0) is 13.3 Å². The minimum atomic E-state index is -1.12. The fraction of sp³-hybridized carbons (Fsp3) is 0.615. The zero-order valence-electron chi connectivity index (χ0n) is 12.3. The van der Waals surface area contributed by atoms with Crippen molar-refractivity contribution in [3.05, 3.63) is 9.93 Å². The number of nitrogens with zero attached hydrogens (tertiary/aromatic N) is 1. The summed E-state index contributed by atoms with van der Waals surface area (Å²) >= 11 is 2.70. The molecule has 3 atom stereocenters. The van der Waals surface area contributed by atoms with Gasteiger partial charge < -0.3 is 15.5 Å². The Balaban J connectivity index is 2.05. The van der Waals surface area contributed by atoms with Crippen LogP contribution in [-0.4, -0.2) is 56.6 Å². The Morgan fingerprint density at radius 2 is 2.27 bits per heavy atom. The molecule has 7 nitrogen and oxygen atoms in total. The van der Waals surface area contributed by atoms with Gasteiger partial charge in [0.1, 0.15) is 5.37 Å². The minimum absolute atomic E-state index is 0.0242. The first kappa shape index (κ1) is 17.2. The summed E-state index contributed by atoms with van der Waals surface area (Å²) in [6, 6.07) is 0. The second-order valence-corrected chi connectivity index (χ2v) is 7.55. The monoisotopic (exact) mass is 345 g/mol. The lowest BCUT2D eigenvalue weighted by Gasteiger charge is -2.44. The summed E-state index contributed by atoms with van der Waals surface area (Å²) < 4.78 is 0.598. The summed E-state index contributed by atoms with van der Waals surface area (Å²) in [5, 5.41) is 29.1. The fourth-order valence-corrected chi connectivity index (χ4v) is 5.20. The molecule has 0 aromatic heterocycles. The second-order valence-electron chi connectivity index (χ2n) is 5.06. The lowest BCUT2D eigenvalue weighted by Crippen LogP contribution is -2.61. The first-order valence-corrected chi connectivity index (χ1v) is 8.82. The van der Waals surface area contributed by atoms with Crippen molar-refractivity contribution in [2.45, 2.75) is 31.7 Å². The van der Waals surface area contributed by atoms with Crippen molar-refractivity contribution < 1.29 is 19.8 Å². The summed E-state index contributed by atoms with van der Waals surface area (Å²) in [5.41, 5.74) is 0.0242. The maximum absolute atomic E-state index is 12.1. The number of carboxylic acid groups (broad SMARTS) is 1. The Morgan fingerprint density at radius 1 is 1.59 bits per heavy atom. The molecule has 0 saturated carbocycles. The van der Waals surface area contributed by atoms with Gasteiger partial charge in [-0.15, -0.1) is 11.8 Å². The molecule has 9 heteroatoms. The molecule has 1 amide bonds. The molecule has 0 unspecified atom stereocenters. The molecule has 0 radical (unpaired) electrons. The molecule has 0 aromatic rings. The highest BCUT2D eigenvalue weighted by molar-refractivity contribution is 8.22. The molecule has 122 valence electrons. The molecule has 0 bridgehead atoms. The van der Waals surface area contributed by atoms with Crippen molar-refractivity contribution in [1.82, 2.24) is 10.2 Å². The van der Waals surface area contributed by atoms with E-state index in [-0.39, 0.29) is 17.0 Å². The van der Waals surface area contributed by atoms with Gasteiger partial charge in [-0.2, -0.15) is 0 Å². The van der Waals surface area contributed by atoms with Gasteiger partial charge in [0.2, 0.25) is 5.91 Å². The van der Waals surface area contributed by atoms with Crippen LogP contribution in [0.5, 0.6) is 0 Å². The normalized spacial score (nSPS) is 24.9. The molecule has 2 aliphatic heterocycles. The fourth-order valence-electron chi connectivity index (χ4n) is 2.40. The van der Waals surface area contributed by atoms with Crippen LogP contribution in [-0.2, 0) is 9.59 Å². The summed E-state index contributed by atoms with van der Waals surface area (Å²) in [7, 11) is 0. The minimum Gasteiger partial charge on any atom is -0.477 e. The van der Waals surface area contributed by atoms with Gasteiger partial charge in [-0.25, -0.2) is 4.79 Å². The number of carbonyl (C=O) groups excluding carboxylic acids is 1. The number of thioether (sulfide) groups is 2. The number of amidine groups is 1. The van der Waals surface area contributed by atoms with Crippen molar-refractivity contribution in [1.29, 1.82) is 5.41 Å². The quantitative estimate of drug-likeness (QED) is 0.234. The number of hydrogen-bond donors (Lipinski definition) is 4. The maximum atomic E-state index is 12.1. The highest BCUT2D eigenvalue weighted by Crippen LogP contribution is 2.53. The SMILES string of the molecule is CC[C@H](O)[C@@H]1C(=O)N2C(C(=O)O)=C(SCCNC(C)=N)S[C@H]12. The molecule has 1 saturated heterocycles. The van der Waals surface area contributed by atoms with Gasteiger partial charge in [0.05, 0.1) is 22.1 Å². The summed E-state index contributed by atoms with van der Waals surface area (Å²) in [4.78, 5) is 24.9. The van der Waals surface area contributed by atoms with Crippen LogP contribution >= 0.6 is 23.5 Å². The number of fused-ring (bicyclic) bond motifs is 1. The molecular formula is C13H19N3O4S2. The van der Waals surface area contributed by atoms with Gasteiger partial charge >= 0.3 is 5.97 Å². The lowest BCUT2D eigenvalue weighted by atomic mass is 9.90. The Morgan fingerprint density at radius 3 is 2.82 bits per heavy atom. The molecule has 1 fully saturated rings. The van der Waals surface area contributed by atoms with Crippen LogP contribution in [0.15, 0.2) is 9.93 Å². The van der Waals surface area contributed by atoms with Crippen LogP contribution in [0.2, 0.25) is 0 Å². The third-order valence-corrected chi connectivity index (χ3v) is 6.17. The lowest BCUT2D eigenvalue weighted by molar-refractivity contribution is -0.157.